The Hall–Kier alpha value is -1.62. The molecule has 1 aromatic rings. The van der Waals surface area contributed by atoms with Crippen molar-refractivity contribution < 1.29 is 14.6 Å². The number of rotatable bonds is 5. The zero-order valence-corrected chi connectivity index (χ0v) is 11.4. The van der Waals surface area contributed by atoms with Gasteiger partial charge in [-0.05, 0) is 25.8 Å². The summed E-state index contributed by atoms with van der Waals surface area (Å²) in [5.41, 5.74) is 1.92. The first-order valence-electron chi connectivity index (χ1n) is 6.52. The van der Waals surface area contributed by atoms with Crippen LogP contribution in [0.2, 0.25) is 0 Å². The molecule has 5 nitrogen and oxygen atoms in total. The molecule has 0 amide bonds. The van der Waals surface area contributed by atoms with Crippen molar-refractivity contribution in [3.63, 3.8) is 0 Å². The standard InChI is InChI=1S/C14H20N2O3/c1-10-5-13(19-2)7-12(15-10)9-16-4-3-11(8-16)6-14(17)18/h5,7,11H,3-4,6,8-9H2,1-2H3,(H,17,18). The number of ether oxygens (including phenoxy) is 1. The summed E-state index contributed by atoms with van der Waals surface area (Å²) in [5, 5.41) is 8.81. The number of likely N-dealkylation sites (tertiary alicyclic amines) is 1. The Morgan fingerprint density at radius 2 is 2.37 bits per heavy atom. The van der Waals surface area contributed by atoms with E-state index in [9.17, 15) is 4.79 Å². The first kappa shape index (κ1) is 13.8. The average molecular weight is 264 g/mol. The molecule has 0 aliphatic carbocycles. The molecule has 0 saturated carbocycles. The number of carboxylic acids is 1. The summed E-state index contributed by atoms with van der Waals surface area (Å²) in [6, 6.07) is 3.85. The number of aliphatic carboxylic acids is 1. The lowest BCUT2D eigenvalue weighted by Gasteiger charge is -2.16. The van der Waals surface area contributed by atoms with Crippen LogP contribution in [0.4, 0.5) is 0 Å². The largest absolute Gasteiger partial charge is 0.497 e. The van der Waals surface area contributed by atoms with Gasteiger partial charge in [0.15, 0.2) is 0 Å². The Labute approximate surface area is 113 Å². The Morgan fingerprint density at radius 1 is 1.58 bits per heavy atom. The van der Waals surface area contributed by atoms with Gasteiger partial charge in [-0.1, -0.05) is 0 Å². The average Bonchev–Trinajstić information content (AvgIpc) is 2.74. The van der Waals surface area contributed by atoms with Crippen molar-refractivity contribution in [1.29, 1.82) is 0 Å². The van der Waals surface area contributed by atoms with Crippen molar-refractivity contribution in [3.8, 4) is 5.75 Å². The highest BCUT2D eigenvalue weighted by Crippen LogP contribution is 2.22. The smallest absolute Gasteiger partial charge is 0.303 e. The summed E-state index contributed by atoms with van der Waals surface area (Å²) in [4.78, 5) is 17.5. The van der Waals surface area contributed by atoms with Crippen LogP contribution < -0.4 is 4.74 Å². The van der Waals surface area contributed by atoms with Gasteiger partial charge in [0.25, 0.3) is 0 Å². The van der Waals surface area contributed by atoms with E-state index in [1.165, 1.54) is 0 Å². The Kier molecular flexibility index (Phi) is 4.37. The second-order valence-electron chi connectivity index (χ2n) is 5.13. The Balaban J connectivity index is 1.95. The molecule has 19 heavy (non-hydrogen) atoms. The summed E-state index contributed by atoms with van der Waals surface area (Å²) in [6.07, 6.45) is 1.22. The molecule has 2 rings (SSSR count). The second kappa shape index (κ2) is 6.02. The number of methoxy groups -OCH3 is 1. The minimum atomic E-state index is -0.706. The van der Waals surface area contributed by atoms with E-state index < -0.39 is 5.97 Å². The van der Waals surface area contributed by atoms with Crippen molar-refractivity contribution in [3.05, 3.63) is 23.5 Å². The number of nitrogens with zero attached hydrogens (tertiary/aromatic N) is 2. The highest BCUT2D eigenvalue weighted by molar-refractivity contribution is 5.67. The van der Waals surface area contributed by atoms with Gasteiger partial charge in [0.2, 0.25) is 0 Å². The lowest BCUT2D eigenvalue weighted by Crippen LogP contribution is -2.21. The molecular formula is C14H20N2O3. The van der Waals surface area contributed by atoms with E-state index in [2.05, 4.69) is 9.88 Å². The maximum Gasteiger partial charge on any atom is 0.303 e. The van der Waals surface area contributed by atoms with Gasteiger partial charge in [0.1, 0.15) is 5.75 Å². The fraction of sp³-hybridized carbons (Fsp3) is 0.571. The van der Waals surface area contributed by atoms with Crippen molar-refractivity contribution in [2.24, 2.45) is 5.92 Å². The topological polar surface area (TPSA) is 62.7 Å². The monoisotopic (exact) mass is 264 g/mol. The van der Waals surface area contributed by atoms with Gasteiger partial charge in [-0.25, -0.2) is 0 Å². The molecular weight excluding hydrogens is 244 g/mol. The van der Waals surface area contributed by atoms with Gasteiger partial charge < -0.3 is 9.84 Å². The van der Waals surface area contributed by atoms with Crippen LogP contribution in [-0.4, -0.2) is 41.2 Å². The molecule has 1 N–H and O–H groups in total. The molecule has 2 heterocycles. The summed E-state index contributed by atoms with van der Waals surface area (Å²) >= 11 is 0. The maximum absolute atomic E-state index is 10.7. The minimum Gasteiger partial charge on any atom is -0.497 e. The van der Waals surface area contributed by atoms with E-state index in [0.717, 1.165) is 43.2 Å². The molecule has 1 aromatic heterocycles. The molecule has 1 fully saturated rings. The molecule has 0 aromatic carbocycles. The number of hydrogen-bond donors (Lipinski definition) is 1. The van der Waals surface area contributed by atoms with Crippen LogP contribution in [0.25, 0.3) is 0 Å². The van der Waals surface area contributed by atoms with Crippen molar-refractivity contribution in [2.75, 3.05) is 20.2 Å². The van der Waals surface area contributed by atoms with Gasteiger partial charge >= 0.3 is 5.97 Å². The minimum absolute atomic E-state index is 0.265. The SMILES string of the molecule is COc1cc(C)nc(CN2CCC(CC(=O)O)C2)c1. The number of carboxylic acid groups (broad SMARTS) is 1. The molecule has 1 atom stereocenters. The third kappa shape index (κ3) is 3.92. The molecule has 0 spiro atoms. The molecule has 104 valence electrons. The van der Waals surface area contributed by atoms with Crippen LogP contribution in [0.5, 0.6) is 5.75 Å². The van der Waals surface area contributed by atoms with Crippen molar-refractivity contribution in [1.82, 2.24) is 9.88 Å². The predicted octanol–water partition coefficient (Wildman–Crippen LogP) is 1.70. The highest BCUT2D eigenvalue weighted by Gasteiger charge is 2.24. The first-order chi connectivity index (χ1) is 9.06. The van der Waals surface area contributed by atoms with E-state index in [-0.39, 0.29) is 12.3 Å². The Bertz CT molecular complexity index is 462. The van der Waals surface area contributed by atoms with Crippen LogP contribution in [0.3, 0.4) is 0 Å². The van der Waals surface area contributed by atoms with Gasteiger partial charge in [-0.15, -0.1) is 0 Å². The molecule has 1 aliphatic heterocycles. The quantitative estimate of drug-likeness (QED) is 0.877. The Morgan fingerprint density at radius 3 is 3.05 bits per heavy atom. The van der Waals surface area contributed by atoms with E-state index in [1.807, 2.05) is 19.1 Å². The lowest BCUT2D eigenvalue weighted by atomic mass is 10.1. The van der Waals surface area contributed by atoms with Crippen LogP contribution >= 0.6 is 0 Å². The van der Waals surface area contributed by atoms with Crippen LogP contribution in [0, 0.1) is 12.8 Å². The molecule has 0 bridgehead atoms. The zero-order chi connectivity index (χ0) is 13.8. The van der Waals surface area contributed by atoms with E-state index in [4.69, 9.17) is 9.84 Å². The summed E-state index contributed by atoms with van der Waals surface area (Å²) in [5.74, 6) is 0.384. The molecule has 1 saturated heterocycles. The van der Waals surface area contributed by atoms with Gasteiger partial charge in [-0.3, -0.25) is 14.7 Å². The zero-order valence-electron chi connectivity index (χ0n) is 11.4. The first-order valence-corrected chi connectivity index (χ1v) is 6.52. The fourth-order valence-corrected chi connectivity index (χ4v) is 2.60. The van der Waals surface area contributed by atoms with E-state index in [0.29, 0.717) is 0 Å². The van der Waals surface area contributed by atoms with Gasteiger partial charge in [0, 0.05) is 37.3 Å². The third-order valence-corrected chi connectivity index (χ3v) is 3.43. The second-order valence-corrected chi connectivity index (χ2v) is 5.13. The maximum atomic E-state index is 10.7. The molecule has 1 unspecified atom stereocenters. The number of pyridine rings is 1. The lowest BCUT2D eigenvalue weighted by molar-refractivity contribution is -0.138. The van der Waals surface area contributed by atoms with E-state index >= 15 is 0 Å². The predicted molar refractivity (Wildman–Crippen MR) is 71.2 cm³/mol. The van der Waals surface area contributed by atoms with Gasteiger partial charge in [0.05, 0.1) is 12.8 Å². The number of carbonyl (C=O) groups is 1. The molecule has 0 radical (unpaired) electrons. The van der Waals surface area contributed by atoms with Gasteiger partial charge in [-0.2, -0.15) is 0 Å². The molecule has 5 heteroatoms. The normalized spacial score (nSPS) is 19.6. The van der Waals surface area contributed by atoms with Crippen LogP contribution in [-0.2, 0) is 11.3 Å². The van der Waals surface area contributed by atoms with Crippen LogP contribution in [0.15, 0.2) is 12.1 Å². The third-order valence-electron chi connectivity index (χ3n) is 3.43. The fourth-order valence-electron chi connectivity index (χ4n) is 2.60. The summed E-state index contributed by atoms with van der Waals surface area (Å²) < 4.78 is 5.24. The number of aromatic nitrogens is 1. The van der Waals surface area contributed by atoms with E-state index in [1.54, 1.807) is 7.11 Å². The van der Waals surface area contributed by atoms with Crippen LogP contribution in [0.1, 0.15) is 24.2 Å². The van der Waals surface area contributed by atoms with Crippen molar-refractivity contribution >= 4 is 5.97 Å². The van der Waals surface area contributed by atoms with Crippen molar-refractivity contribution in [2.45, 2.75) is 26.3 Å². The number of aryl methyl sites for hydroxylation is 1. The number of hydrogen-bond acceptors (Lipinski definition) is 4. The summed E-state index contributed by atoms with van der Waals surface area (Å²) in [7, 11) is 1.65. The molecule has 1 aliphatic rings. The highest BCUT2D eigenvalue weighted by atomic mass is 16.5. The summed E-state index contributed by atoms with van der Waals surface area (Å²) in [6.45, 7) is 4.48.